The van der Waals surface area contributed by atoms with Gasteiger partial charge in [0.25, 0.3) is 11.5 Å². The predicted molar refractivity (Wildman–Crippen MR) is 168 cm³/mol. The van der Waals surface area contributed by atoms with E-state index >= 15 is 0 Å². The topological polar surface area (TPSA) is 92.9 Å². The van der Waals surface area contributed by atoms with Gasteiger partial charge in [-0.05, 0) is 63.1 Å². The van der Waals surface area contributed by atoms with Crippen LogP contribution in [0.4, 0.5) is 5.69 Å². The third-order valence-electron chi connectivity index (χ3n) is 8.52. The van der Waals surface area contributed by atoms with Crippen LogP contribution >= 0.6 is 0 Å². The van der Waals surface area contributed by atoms with Crippen LogP contribution in [0.5, 0.6) is 5.75 Å². The molecule has 0 aliphatic carbocycles. The molecule has 43 heavy (non-hydrogen) atoms. The van der Waals surface area contributed by atoms with Gasteiger partial charge in [0, 0.05) is 51.5 Å². The van der Waals surface area contributed by atoms with Crippen molar-refractivity contribution in [1.82, 2.24) is 23.9 Å². The van der Waals surface area contributed by atoms with Crippen molar-refractivity contribution in [3.63, 3.8) is 0 Å². The van der Waals surface area contributed by atoms with Crippen LogP contribution in [0.25, 0.3) is 16.7 Å². The minimum Gasteiger partial charge on any atom is -0.495 e. The summed E-state index contributed by atoms with van der Waals surface area (Å²) in [5, 5.41) is 0.205. The first kappa shape index (κ1) is 28.7. The standard InChI is InChI=1S/C33H38N6O4/c1-24-23-26(31(40)37-16-8-9-17-37)29-30(34-24)38(33(42)39(32(29)41)25-11-4-3-5-12-25)18-10-15-35-19-21-36(22-20-35)27-13-6-7-14-28(27)43-2/h3-7,11-14,23H,8-10,15-22H2,1-2H3. The van der Waals surface area contributed by atoms with Crippen LogP contribution in [-0.4, -0.2) is 82.7 Å². The van der Waals surface area contributed by atoms with Crippen molar-refractivity contribution in [2.24, 2.45) is 0 Å². The molecular formula is C33H38N6O4. The molecule has 0 spiro atoms. The molecule has 6 rings (SSSR count). The number of benzene rings is 2. The molecule has 10 nitrogen and oxygen atoms in total. The minimum atomic E-state index is -0.509. The molecule has 0 N–H and O–H groups in total. The van der Waals surface area contributed by atoms with E-state index in [4.69, 9.17) is 4.74 Å². The second kappa shape index (κ2) is 12.4. The molecule has 2 aliphatic rings. The van der Waals surface area contributed by atoms with E-state index in [1.54, 1.807) is 53.8 Å². The highest BCUT2D eigenvalue weighted by molar-refractivity contribution is 6.05. The minimum absolute atomic E-state index is 0.178. The van der Waals surface area contributed by atoms with Gasteiger partial charge in [-0.3, -0.25) is 19.1 Å². The number of piperazine rings is 1. The lowest BCUT2D eigenvalue weighted by Crippen LogP contribution is -2.47. The third-order valence-corrected chi connectivity index (χ3v) is 8.52. The van der Waals surface area contributed by atoms with E-state index in [1.165, 1.54) is 4.57 Å². The molecule has 2 aliphatic heterocycles. The number of rotatable bonds is 8. The Balaban J connectivity index is 1.29. The molecule has 4 heterocycles. The number of amides is 1. The van der Waals surface area contributed by atoms with Crippen molar-refractivity contribution in [1.29, 1.82) is 0 Å². The normalized spacial score (nSPS) is 15.8. The van der Waals surface area contributed by atoms with Crippen LogP contribution in [-0.2, 0) is 6.54 Å². The number of aryl methyl sites for hydroxylation is 2. The number of nitrogens with zero attached hydrogens (tertiary/aromatic N) is 6. The van der Waals surface area contributed by atoms with Crippen molar-refractivity contribution < 1.29 is 9.53 Å². The maximum absolute atomic E-state index is 14.0. The van der Waals surface area contributed by atoms with Gasteiger partial charge in [-0.2, -0.15) is 0 Å². The van der Waals surface area contributed by atoms with E-state index in [0.717, 1.165) is 57.0 Å². The van der Waals surface area contributed by atoms with Gasteiger partial charge in [-0.25, -0.2) is 14.3 Å². The predicted octanol–water partition coefficient (Wildman–Crippen LogP) is 3.31. The first-order chi connectivity index (χ1) is 21.0. The molecule has 0 bridgehead atoms. The molecule has 224 valence electrons. The number of ether oxygens (including phenoxy) is 1. The molecule has 1 amide bonds. The summed E-state index contributed by atoms with van der Waals surface area (Å²) in [6.45, 7) is 7.85. The van der Waals surface area contributed by atoms with E-state index in [0.29, 0.717) is 43.0 Å². The highest BCUT2D eigenvalue weighted by Crippen LogP contribution is 2.28. The van der Waals surface area contributed by atoms with Crippen molar-refractivity contribution in [2.75, 3.05) is 57.8 Å². The number of likely N-dealkylation sites (tertiary alicyclic amines) is 1. The van der Waals surface area contributed by atoms with Crippen LogP contribution in [0, 0.1) is 6.92 Å². The fourth-order valence-electron chi connectivity index (χ4n) is 6.29. The highest BCUT2D eigenvalue weighted by atomic mass is 16.5. The number of hydrogen-bond acceptors (Lipinski definition) is 7. The van der Waals surface area contributed by atoms with Crippen molar-refractivity contribution in [3.8, 4) is 11.4 Å². The quantitative estimate of drug-likeness (QED) is 0.315. The summed E-state index contributed by atoms with van der Waals surface area (Å²) in [7, 11) is 1.70. The Morgan fingerprint density at radius 1 is 0.884 bits per heavy atom. The zero-order chi connectivity index (χ0) is 29.9. The summed E-state index contributed by atoms with van der Waals surface area (Å²) in [6, 6.07) is 18.7. The van der Waals surface area contributed by atoms with Gasteiger partial charge in [0.15, 0.2) is 5.65 Å². The number of hydrogen-bond donors (Lipinski definition) is 0. The molecule has 2 aromatic carbocycles. The van der Waals surface area contributed by atoms with Crippen molar-refractivity contribution >= 4 is 22.6 Å². The van der Waals surface area contributed by atoms with Crippen LogP contribution in [0.2, 0.25) is 0 Å². The number of methoxy groups -OCH3 is 1. The van der Waals surface area contributed by atoms with Crippen molar-refractivity contribution in [3.05, 3.63) is 92.8 Å². The maximum atomic E-state index is 14.0. The molecule has 0 unspecified atom stereocenters. The first-order valence-electron chi connectivity index (χ1n) is 15.1. The van der Waals surface area contributed by atoms with E-state index < -0.39 is 11.2 Å². The Labute approximate surface area is 250 Å². The number of carbonyl (C=O) groups is 1. The average molecular weight is 583 g/mol. The number of carbonyl (C=O) groups excluding carboxylic acids is 1. The fraction of sp³-hybridized carbons (Fsp3) is 0.394. The van der Waals surface area contributed by atoms with E-state index in [-0.39, 0.29) is 16.9 Å². The number of fused-ring (bicyclic) bond motifs is 1. The molecule has 2 aromatic heterocycles. The zero-order valence-electron chi connectivity index (χ0n) is 24.9. The molecule has 10 heteroatoms. The highest BCUT2D eigenvalue weighted by Gasteiger charge is 2.27. The second-order valence-electron chi connectivity index (χ2n) is 11.3. The summed E-state index contributed by atoms with van der Waals surface area (Å²) in [5.41, 5.74) is 1.83. The van der Waals surface area contributed by atoms with Gasteiger partial charge >= 0.3 is 5.69 Å². The molecular weight excluding hydrogens is 544 g/mol. The summed E-state index contributed by atoms with van der Waals surface area (Å²) in [4.78, 5) is 52.8. The number of anilines is 1. The van der Waals surface area contributed by atoms with Gasteiger partial charge in [-0.15, -0.1) is 0 Å². The molecule has 0 saturated carbocycles. The lowest BCUT2D eigenvalue weighted by Gasteiger charge is -2.36. The number of pyridine rings is 1. The summed E-state index contributed by atoms with van der Waals surface area (Å²) in [5.74, 6) is 0.698. The van der Waals surface area contributed by atoms with Crippen LogP contribution in [0.15, 0.2) is 70.3 Å². The average Bonchev–Trinajstić information content (AvgIpc) is 3.58. The van der Waals surface area contributed by atoms with Crippen LogP contribution < -0.4 is 20.9 Å². The van der Waals surface area contributed by atoms with Crippen molar-refractivity contribution in [2.45, 2.75) is 32.7 Å². The fourth-order valence-corrected chi connectivity index (χ4v) is 6.29. The molecule has 4 aromatic rings. The van der Waals surface area contributed by atoms with Crippen LogP contribution in [0.1, 0.15) is 35.3 Å². The van der Waals surface area contributed by atoms with E-state index in [1.807, 2.05) is 24.3 Å². The van der Waals surface area contributed by atoms with Gasteiger partial charge < -0.3 is 14.5 Å². The molecule has 0 radical (unpaired) electrons. The summed E-state index contributed by atoms with van der Waals surface area (Å²) in [6.07, 6.45) is 2.58. The summed E-state index contributed by atoms with van der Waals surface area (Å²) >= 11 is 0. The Kier molecular flexibility index (Phi) is 8.29. The van der Waals surface area contributed by atoms with E-state index in [2.05, 4.69) is 20.9 Å². The van der Waals surface area contributed by atoms with E-state index in [9.17, 15) is 14.4 Å². The van der Waals surface area contributed by atoms with Gasteiger partial charge in [0.2, 0.25) is 0 Å². The largest absolute Gasteiger partial charge is 0.495 e. The van der Waals surface area contributed by atoms with Crippen LogP contribution in [0.3, 0.4) is 0 Å². The first-order valence-corrected chi connectivity index (χ1v) is 15.1. The lowest BCUT2D eigenvalue weighted by molar-refractivity contribution is 0.0794. The van der Waals surface area contributed by atoms with Gasteiger partial charge in [-0.1, -0.05) is 30.3 Å². The molecule has 2 fully saturated rings. The Hall–Kier alpha value is -4.44. The third kappa shape index (κ3) is 5.67. The number of aromatic nitrogens is 3. The Morgan fingerprint density at radius 2 is 1.58 bits per heavy atom. The molecule has 0 atom stereocenters. The summed E-state index contributed by atoms with van der Waals surface area (Å²) < 4.78 is 8.33. The Morgan fingerprint density at radius 3 is 2.30 bits per heavy atom. The van der Waals surface area contributed by atoms with Gasteiger partial charge in [0.05, 0.1) is 29.4 Å². The molecule has 2 saturated heterocycles. The Bertz CT molecular complexity index is 1730. The zero-order valence-corrected chi connectivity index (χ0v) is 24.9. The van der Waals surface area contributed by atoms with Gasteiger partial charge in [0.1, 0.15) is 5.75 Å². The smallest absolute Gasteiger partial charge is 0.337 e. The number of para-hydroxylation sites is 3. The lowest BCUT2D eigenvalue weighted by atomic mass is 10.1. The monoisotopic (exact) mass is 582 g/mol. The second-order valence-corrected chi connectivity index (χ2v) is 11.3. The maximum Gasteiger partial charge on any atom is 0.337 e. The SMILES string of the molecule is COc1ccccc1N1CCN(CCCn2c(=O)n(-c3ccccc3)c(=O)c3c(C(=O)N4CCCC4)cc(C)nc32)CC1.